The highest BCUT2D eigenvalue weighted by atomic mass is 35.5. The van der Waals surface area contributed by atoms with Crippen LogP contribution < -0.4 is 20.9 Å². The molecule has 0 spiro atoms. The van der Waals surface area contributed by atoms with E-state index in [0.29, 0.717) is 19.6 Å². The molecule has 0 saturated heterocycles. The number of carbonyl (C=O) groups excluding carboxylic acids is 2. The zero-order chi connectivity index (χ0) is 21.1. The second kappa shape index (κ2) is 15.4. The van der Waals surface area contributed by atoms with Gasteiger partial charge in [-0.2, -0.15) is 0 Å². The van der Waals surface area contributed by atoms with Gasteiger partial charge in [-0.15, -0.1) is 24.8 Å². The second-order valence-electron chi connectivity index (χ2n) is 6.27. The van der Waals surface area contributed by atoms with Crippen LogP contribution >= 0.6 is 24.8 Å². The normalized spacial score (nSPS) is 9.87. The lowest BCUT2D eigenvalue weighted by atomic mass is 10.1. The zero-order valence-corrected chi connectivity index (χ0v) is 18.6. The molecule has 5 N–H and O–H groups in total. The van der Waals surface area contributed by atoms with Gasteiger partial charge in [-0.3, -0.25) is 9.59 Å². The molecule has 0 fully saturated rings. The Kier molecular flexibility index (Phi) is 14.3. The fourth-order valence-corrected chi connectivity index (χ4v) is 2.53. The van der Waals surface area contributed by atoms with E-state index in [0.717, 1.165) is 24.0 Å². The Bertz CT molecular complexity index is 818. The summed E-state index contributed by atoms with van der Waals surface area (Å²) in [4.78, 5) is 22.9. The minimum Gasteiger partial charge on any atom is -0.508 e. The number of phenolic OH excluding ortho intramolecular Hbond substituents is 1. The van der Waals surface area contributed by atoms with E-state index >= 15 is 0 Å². The third-order valence-electron chi connectivity index (χ3n) is 4.01. The summed E-state index contributed by atoms with van der Waals surface area (Å²) in [5.74, 6) is -0.770. The van der Waals surface area contributed by atoms with Gasteiger partial charge in [0.25, 0.3) is 0 Å². The van der Waals surface area contributed by atoms with Gasteiger partial charge < -0.3 is 30.8 Å². The molecule has 0 heterocycles. The van der Waals surface area contributed by atoms with Crippen LogP contribution in [-0.4, -0.2) is 43.3 Å². The van der Waals surface area contributed by atoms with Gasteiger partial charge in [-0.1, -0.05) is 18.2 Å². The van der Waals surface area contributed by atoms with Crippen molar-refractivity contribution in [3.63, 3.8) is 0 Å². The molecule has 2 aromatic carbocycles. The summed E-state index contributed by atoms with van der Waals surface area (Å²) in [5.41, 5.74) is 12.5. The molecule has 0 aromatic heterocycles. The van der Waals surface area contributed by atoms with Gasteiger partial charge in [-0.05, 0) is 54.7 Å². The average Bonchev–Trinajstić information content (AvgIpc) is 2.73. The van der Waals surface area contributed by atoms with Crippen LogP contribution in [0.2, 0.25) is 0 Å². The lowest BCUT2D eigenvalue weighted by Crippen LogP contribution is -2.22. The van der Waals surface area contributed by atoms with Crippen LogP contribution in [0.5, 0.6) is 17.2 Å². The highest BCUT2D eigenvalue weighted by molar-refractivity contribution is 5.85. The van der Waals surface area contributed by atoms with E-state index in [4.69, 9.17) is 25.7 Å². The van der Waals surface area contributed by atoms with Crippen molar-refractivity contribution < 1.29 is 28.9 Å². The Morgan fingerprint density at radius 3 is 1.97 bits per heavy atom. The summed E-state index contributed by atoms with van der Waals surface area (Å²) in [7, 11) is 0. The average molecular weight is 475 g/mol. The van der Waals surface area contributed by atoms with Gasteiger partial charge in [0.05, 0.1) is 19.7 Å². The maximum absolute atomic E-state index is 11.5. The third-order valence-corrected chi connectivity index (χ3v) is 4.01. The van der Waals surface area contributed by atoms with Crippen molar-refractivity contribution in [1.29, 1.82) is 0 Å². The van der Waals surface area contributed by atoms with Crippen LogP contribution in [0.25, 0.3) is 0 Å². The molecule has 2 rings (SSSR count). The molecule has 0 aliphatic heterocycles. The number of rotatable bonds is 11. The molecule has 172 valence electrons. The summed E-state index contributed by atoms with van der Waals surface area (Å²) in [6, 6.07) is 12.0. The highest BCUT2D eigenvalue weighted by Crippen LogP contribution is 2.29. The van der Waals surface area contributed by atoms with Gasteiger partial charge in [0.15, 0.2) is 11.5 Å². The molecular formula is C21H28Cl2N2O6. The van der Waals surface area contributed by atoms with E-state index in [1.54, 1.807) is 30.3 Å². The predicted octanol–water partition coefficient (Wildman–Crippen LogP) is 2.16. The Morgan fingerprint density at radius 2 is 1.35 bits per heavy atom. The monoisotopic (exact) mass is 474 g/mol. The van der Waals surface area contributed by atoms with Gasteiger partial charge >= 0.3 is 11.9 Å². The Hall–Kier alpha value is -2.36. The molecule has 2 aromatic rings. The van der Waals surface area contributed by atoms with Crippen LogP contribution in [0.3, 0.4) is 0 Å². The number of carbonyl (C=O) groups is 2. The smallest absolute Gasteiger partial charge is 0.325 e. The van der Waals surface area contributed by atoms with Crippen molar-refractivity contribution in [3.8, 4) is 17.2 Å². The van der Waals surface area contributed by atoms with E-state index in [-0.39, 0.29) is 55.2 Å². The quantitative estimate of drug-likeness (QED) is 0.256. The van der Waals surface area contributed by atoms with E-state index in [1.165, 1.54) is 0 Å². The SMILES string of the molecule is Cl.Cl.NCC(=O)Oc1ccc(CCCOCCc2ccc(O)cc2)cc1OC(=O)CN. The van der Waals surface area contributed by atoms with Crippen molar-refractivity contribution in [3.05, 3.63) is 53.6 Å². The van der Waals surface area contributed by atoms with Crippen molar-refractivity contribution in [2.75, 3.05) is 26.3 Å². The Morgan fingerprint density at radius 1 is 0.774 bits per heavy atom. The number of halogens is 2. The molecule has 0 aliphatic rings. The van der Waals surface area contributed by atoms with Crippen LogP contribution in [0, 0.1) is 0 Å². The molecule has 0 radical (unpaired) electrons. The topological polar surface area (TPSA) is 134 Å². The number of esters is 2. The Labute approximate surface area is 193 Å². The lowest BCUT2D eigenvalue weighted by molar-refractivity contribution is -0.135. The van der Waals surface area contributed by atoms with E-state index in [9.17, 15) is 14.7 Å². The first kappa shape index (κ1) is 28.6. The third kappa shape index (κ3) is 10.5. The van der Waals surface area contributed by atoms with E-state index in [1.807, 2.05) is 12.1 Å². The summed E-state index contributed by atoms with van der Waals surface area (Å²) < 4.78 is 15.9. The van der Waals surface area contributed by atoms with Crippen LogP contribution in [0.15, 0.2) is 42.5 Å². The fraction of sp³-hybridized carbons (Fsp3) is 0.333. The predicted molar refractivity (Wildman–Crippen MR) is 121 cm³/mol. The summed E-state index contributed by atoms with van der Waals surface area (Å²) in [6.07, 6.45) is 2.22. The first-order chi connectivity index (χ1) is 14.0. The van der Waals surface area contributed by atoms with Crippen molar-refractivity contribution in [1.82, 2.24) is 0 Å². The molecule has 0 aliphatic carbocycles. The zero-order valence-electron chi connectivity index (χ0n) is 17.0. The summed E-state index contributed by atoms with van der Waals surface area (Å²) in [6.45, 7) is 0.578. The van der Waals surface area contributed by atoms with Crippen molar-refractivity contribution in [2.24, 2.45) is 11.5 Å². The molecule has 0 amide bonds. The maximum Gasteiger partial charge on any atom is 0.325 e. The van der Waals surface area contributed by atoms with E-state index < -0.39 is 11.9 Å². The number of nitrogens with two attached hydrogens (primary N) is 2. The van der Waals surface area contributed by atoms with Gasteiger partial charge in [-0.25, -0.2) is 0 Å². The first-order valence-corrected chi connectivity index (χ1v) is 9.32. The molecule has 0 atom stereocenters. The lowest BCUT2D eigenvalue weighted by Gasteiger charge is -2.12. The molecular weight excluding hydrogens is 447 g/mol. The van der Waals surface area contributed by atoms with Crippen LogP contribution in [0.1, 0.15) is 17.5 Å². The fourth-order valence-electron chi connectivity index (χ4n) is 2.53. The number of phenols is 1. The standard InChI is InChI=1S/C21H26N2O6.2ClH/c22-13-20(25)28-18-8-5-16(12-19(18)29-21(26)14-23)2-1-10-27-11-9-15-3-6-17(24)7-4-15;;/h3-8,12,24H,1-2,9-11,13-14,22-23H2;2*1H. The molecule has 0 unspecified atom stereocenters. The number of aromatic hydroxyl groups is 1. The van der Waals surface area contributed by atoms with Gasteiger partial charge in [0.2, 0.25) is 0 Å². The summed E-state index contributed by atoms with van der Waals surface area (Å²) in [5, 5.41) is 9.27. The number of benzene rings is 2. The molecule has 0 saturated carbocycles. The van der Waals surface area contributed by atoms with Crippen molar-refractivity contribution >= 4 is 36.8 Å². The van der Waals surface area contributed by atoms with E-state index in [2.05, 4.69) is 0 Å². The maximum atomic E-state index is 11.5. The minimum atomic E-state index is -0.634. The van der Waals surface area contributed by atoms with Crippen molar-refractivity contribution in [2.45, 2.75) is 19.3 Å². The molecule has 31 heavy (non-hydrogen) atoms. The highest BCUT2D eigenvalue weighted by Gasteiger charge is 2.13. The number of ether oxygens (including phenoxy) is 3. The second-order valence-corrected chi connectivity index (χ2v) is 6.27. The van der Waals surface area contributed by atoms with Crippen LogP contribution in [-0.2, 0) is 27.2 Å². The largest absolute Gasteiger partial charge is 0.508 e. The molecule has 8 nitrogen and oxygen atoms in total. The molecule has 0 bridgehead atoms. The number of hydrogen-bond donors (Lipinski definition) is 3. The van der Waals surface area contributed by atoms with Gasteiger partial charge in [0, 0.05) is 6.61 Å². The minimum absolute atomic E-state index is 0. The van der Waals surface area contributed by atoms with Gasteiger partial charge in [0.1, 0.15) is 5.75 Å². The summed E-state index contributed by atoms with van der Waals surface area (Å²) >= 11 is 0. The number of aryl methyl sites for hydroxylation is 1. The first-order valence-electron chi connectivity index (χ1n) is 9.32. The van der Waals surface area contributed by atoms with Crippen LogP contribution in [0.4, 0.5) is 0 Å². The number of hydrogen-bond acceptors (Lipinski definition) is 8. The molecule has 10 heteroatoms. The Balaban J connectivity index is 0.00000450.